The molecule has 0 atom stereocenters. The standard InChI is InChI=1S/C26H30N4O7/c1-16(2)15-30-20-13-19(23(32)36-4)12-18(14-21(31)28(3)25(27)34)22(20)29(26(30)35)10-11-37-24(33)17-8-6-5-7-9-17/h5-9,12-13,16H,10-11,14-15H2,1-4H3,(H2,27,34). The Kier molecular flexibility index (Phi) is 8.49. The number of esters is 2. The van der Waals surface area contributed by atoms with Gasteiger partial charge in [0.05, 0.1) is 42.2 Å². The first-order chi connectivity index (χ1) is 17.5. The topological polar surface area (TPSA) is 143 Å². The Morgan fingerprint density at radius 2 is 1.68 bits per heavy atom. The third-order valence-corrected chi connectivity index (χ3v) is 5.76. The first-order valence-corrected chi connectivity index (χ1v) is 11.7. The van der Waals surface area contributed by atoms with Crippen molar-refractivity contribution in [2.24, 2.45) is 11.7 Å². The molecule has 2 aromatic carbocycles. The zero-order chi connectivity index (χ0) is 27.3. The number of nitrogens with two attached hydrogens (primary N) is 1. The maximum atomic E-state index is 13.5. The van der Waals surface area contributed by atoms with Crippen molar-refractivity contribution >= 4 is 34.9 Å². The third-order valence-electron chi connectivity index (χ3n) is 5.76. The van der Waals surface area contributed by atoms with Crippen LogP contribution in [0.3, 0.4) is 0 Å². The molecule has 0 aliphatic carbocycles. The molecule has 0 saturated heterocycles. The molecular formula is C26H30N4O7. The zero-order valence-corrected chi connectivity index (χ0v) is 21.2. The minimum Gasteiger partial charge on any atom is -0.465 e. The minimum atomic E-state index is -0.937. The highest BCUT2D eigenvalue weighted by atomic mass is 16.5. The lowest BCUT2D eigenvalue weighted by Gasteiger charge is -2.15. The molecule has 37 heavy (non-hydrogen) atoms. The summed E-state index contributed by atoms with van der Waals surface area (Å²) in [6.45, 7) is 4.11. The van der Waals surface area contributed by atoms with Crippen molar-refractivity contribution in [3.05, 3.63) is 69.6 Å². The molecule has 11 heteroatoms. The number of likely N-dealkylation sites (N-methyl/N-ethyl adjacent to an activating group) is 1. The van der Waals surface area contributed by atoms with Gasteiger partial charge in [-0.15, -0.1) is 0 Å². The van der Waals surface area contributed by atoms with Crippen LogP contribution in [0.15, 0.2) is 47.3 Å². The van der Waals surface area contributed by atoms with Crippen LogP contribution in [-0.4, -0.2) is 58.7 Å². The normalized spacial score (nSPS) is 10.9. The molecule has 3 amide bonds. The number of urea groups is 1. The predicted molar refractivity (Wildman–Crippen MR) is 135 cm³/mol. The van der Waals surface area contributed by atoms with Gasteiger partial charge in [0.1, 0.15) is 6.61 Å². The quantitative estimate of drug-likeness (QED) is 0.435. The van der Waals surface area contributed by atoms with E-state index < -0.39 is 29.6 Å². The van der Waals surface area contributed by atoms with Crippen LogP contribution >= 0.6 is 0 Å². The van der Waals surface area contributed by atoms with E-state index in [0.29, 0.717) is 28.7 Å². The number of fused-ring (bicyclic) bond motifs is 1. The summed E-state index contributed by atoms with van der Waals surface area (Å²) in [5.41, 5.74) is 6.50. The Labute approximate surface area is 213 Å². The monoisotopic (exact) mass is 510 g/mol. The zero-order valence-electron chi connectivity index (χ0n) is 21.2. The average molecular weight is 511 g/mol. The number of methoxy groups -OCH3 is 1. The number of aromatic nitrogens is 2. The van der Waals surface area contributed by atoms with Crippen LogP contribution in [0.1, 0.15) is 40.1 Å². The summed E-state index contributed by atoms with van der Waals surface area (Å²) in [4.78, 5) is 63.3. The maximum absolute atomic E-state index is 13.5. The first-order valence-electron chi connectivity index (χ1n) is 11.7. The number of rotatable bonds is 9. The Morgan fingerprint density at radius 1 is 1.00 bits per heavy atom. The fourth-order valence-corrected chi connectivity index (χ4v) is 3.95. The number of imidazole rings is 1. The number of amides is 3. The van der Waals surface area contributed by atoms with Crippen LogP contribution in [0.2, 0.25) is 0 Å². The van der Waals surface area contributed by atoms with Crippen molar-refractivity contribution in [1.29, 1.82) is 0 Å². The lowest BCUT2D eigenvalue weighted by molar-refractivity contribution is -0.126. The fourth-order valence-electron chi connectivity index (χ4n) is 3.95. The van der Waals surface area contributed by atoms with E-state index in [1.807, 2.05) is 13.8 Å². The van der Waals surface area contributed by atoms with E-state index in [2.05, 4.69) is 0 Å². The minimum absolute atomic E-state index is 0.00340. The van der Waals surface area contributed by atoms with E-state index in [4.69, 9.17) is 15.2 Å². The summed E-state index contributed by atoms with van der Waals surface area (Å²) in [7, 11) is 2.47. The number of primary amides is 1. The SMILES string of the molecule is COC(=O)c1cc(CC(=O)N(C)C(N)=O)c2c(c1)n(CC(C)C)c(=O)n2CCOC(=O)c1ccccc1. The highest BCUT2D eigenvalue weighted by molar-refractivity contribution is 5.99. The van der Waals surface area contributed by atoms with Gasteiger partial charge in [0, 0.05) is 13.6 Å². The van der Waals surface area contributed by atoms with Gasteiger partial charge in [0.2, 0.25) is 5.91 Å². The van der Waals surface area contributed by atoms with Gasteiger partial charge in [-0.05, 0) is 35.7 Å². The van der Waals surface area contributed by atoms with Crippen molar-refractivity contribution in [3.63, 3.8) is 0 Å². The number of nitrogens with zero attached hydrogens (tertiary/aromatic N) is 3. The molecule has 0 aliphatic heterocycles. The second kappa shape index (κ2) is 11.5. The van der Waals surface area contributed by atoms with E-state index >= 15 is 0 Å². The molecule has 0 radical (unpaired) electrons. The number of ether oxygens (including phenoxy) is 2. The Hall–Kier alpha value is -4.41. The summed E-state index contributed by atoms with van der Waals surface area (Å²) in [5, 5.41) is 0. The predicted octanol–water partition coefficient (Wildman–Crippen LogP) is 2.18. The summed E-state index contributed by atoms with van der Waals surface area (Å²) < 4.78 is 13.2. The lowest BCUT2D eigenvalue weighted by Crippen LogP contribution is -2.38. The van der Waals surface area contributed by atoms with Crippen molar-refractivity contribution in [2.45, 2.75) is 33.4 Å². The number of benzene rings is 2. The van der Waals surface area contributed by atoms with Gasteiger partial charge >= 0.3 is 23.7 Å². The second-order valence-electron chi connectivity index (χ2n) is 8.90. The van der Waals surface area contributed by atoms with Crippen LogP contribution in [0, 0.1) is 5.92 Å². The number of hydrogen-bond donors (Lipinski definition) is 1. The van der Waals surface area contributed by atoms with Gasteiger partial charge in [-0.3, -0.25) is 18.8 Å². The number of imide groups is 1. The molecule has 3 aromatic rings. The number of carbonyl (C=O) groups excluding carboxylic acids is 4. The molecule has 0 saturated carbocycles. The van der Waals surface area contributed by atoms with Gasteiger partial charge in [0.15, 0.2) is 0 Å². The van der Waals surface area contributed by atoms with Crippen LogP contribution in [-0.2, 0) is 33.8 Å². The van der Waals surface area contributed by atoms with Gasteiger partial charge in [0.25, 0.3) is 0 Å². The largest absolute Gasteiger partial charge is 0.465 e. The molecule has 2 N–H and O–H groups in total. The summed E-state index contributed by atoms with van der Waals surface area (Å²) in [5.74, 6) is -1.72. The molecule has 196 valence electrons. The summed E-state index contributed by atoms with van der Waals surface area (Å²) in [6, 6.07) is 10.5. The van der Waals surface area contributed by atoms with Crippen LogP contribution in [0.25, 0.3) is 11.0 Å². The summed E-state index contributed by atoms with van der Waals surface area (Å²) in [6.07, 6.45) is -0.310. The van der Waals surface area contributed by atoms with Gasteiger partial charge in [-0.1, -0.05) is 32.0 Å². The smallest absolute Gasteiger partial charge is 0.338 e. The fraction of sp³-hybridized carbons (Fsp3) is 0.346. The van der Waals surface area contributed by atoms with E-state index in [9.17, 15) is 24.0 Å². The van der Waals surface area contributed by atoms with E-state index in [1.54, 1.807) is 30.3 Å². The molecule has 1 heterocycles. The van der Waals surface area contributed by atoms with E-state index in [0.717, 1.165) is 4.90 Å². The van der Waals surface area contributed by atoms with Crippen molar-refractivity contribution in [2.75, 3.05) is 20.8 Å². The summed E-state index contributed by atoms with van der Waals surface area (Å²) >= 11 is 0. The maximum Gasteiger partial charge on any atom is 0.338 e. The van der Waals surface area contributed by atoms with Crippen LogP contribution in [0.5, 0.6) is 0 Å². The van der Waals surface area contributed by atoms with Crippen LogP contribution < -0.4 is 11.4 Å². The Morgan fingerprint density at radius 3 is 2.27 bits per heavy atom. The first kappa shape index (κ1) is 27.2. The molecule has 0 unspecified atom stereocenters. The van der Waals surface area contributed by atoms with Gasteiger partial charge in [-0.2, -0.15) is 0 Å². The van der Waals surface area contributed by atoms with E-state index in [1.165, 1.54) is 35.4 Å². The van der Waals surface area contributed by atoms with E-state index in [-0.39, 0.29) is 31.1 Å². The van der Waals surface area contributed by atoms with Gasteiger partial charge < -0.3 is 15.2 Å². The molecular weight excluding hydrogens is 480 g/mol. The number of hydrogen-bond acceptors (Lipinski definition) is 7. The van der Waals surface area contributed by atoms with Crippen molar-refractivity contribution < 1.29 is 28.7 Å². The molecule has 11 nitrogen and oxygen atoms in total. The van der Waals surface area contributed by atoms with Gasteiger partial charge in [-0.25, -0.2) is 19.2 Å². The van der Waals surface area contributed by atoms with Crippen LogP contribution in [0.4, 0.5) is 4.79 Å². The Balaban J connectivity index is 2.10. The highest BCUT2D eigenvalue weighted by Crippen LogP contribution is 2.24. The lowest BCUT2D eigenvalue weighted by atomic mass is 10.0. The molecule has 0 aliphatic rings. The molecule has 0 fully saturated rings. The Bertz CT molecular complexity index is 1390. The highest BCUT2D eigenvalue weighted by Gasteiger charge is 2.24. The molecule has 3 rings (SSSR count). The third kappa shape index (κ3) is 6.05. The molecule has 0 bridgehead atoms. The average Bonchev–Trinajstić information content (AvgIpc) is 3.13. The van der Waals surface area contributed by atoms with Crippen molar-refractivity contribution in [1.82, 2.24) is 14.0 Å². The van der Waals surface area contributed by atoms with Crippen molar-refractivity contribution in [3.8, 4) is 0 Å². The second-order valence-corrected chi connectivity index (χ2v) is 8.90. The molecule has 1 aromatic heterocycles. The number of carbonyl (C=O) groups is 4. The molecule has 0 spiro atoms.